The number of nitrogens with one attached hydrogen (secondary N) is 1. The number of anilines is 1. The molecule has 0 aliphatic heterocycles. The summed E-state index contributed by atoms with van der Waals surface area (Å²) in [4.78, 5) is 0. The van der Waals surface area contributed by atoms with Crippen LogP contribution in [0.3, 0.4) is 0 Å². The Balaban J connectivity index is 3.04. The number of halogens is 1. The molecule has 0 heterocycles. The predicted molar refractivity (Wildman–Crippen MR) is 67.6 cm³/mol. The van der Waals surface area contributed by atoms with Gasteiger partial charge in [0, 0.05) is 17.1 Å². The Bertz CT molecular complexity index is 342. The molecule has 1 rings (SSSR count). The lowest BCUT2D eigenvalue weighted by atomic mass is 10.1. The quantitative estimate of drug-likeness (QED) is 0.886. The van der Waals surface area contributed by atoms with E-state index in [1.54, 1.807) is 7.11 Å². The van der Waals surface area contributed by atoms with E-state index in [2.05, 4.69) is 21.2 Å². The van der Waals surface area contributed by atoms with Crippen molar-refractivity contribution in [3.8, 4) is 5.75 Å². The summed E-state index contributed by atoms with van der Waals surface area (Å²) in [7, 11) is 1.67. The molecule has 84 valence electrons. The Morgan fingerprint density at radius 3 is 2.73 bits per heavy atom. The summed E-state index contributed by atoms with van der Waals surface area (Å²) in [5, 5.41) is 3.34. The second-order valence-electron chi connectivity index (χ2n) is 3.58. The summed E-state index contributed by atoms with van der Waals surface area (Å²) in [6, 6.07) is 4.23. The molecule has 4 heteroatoms. The van der Waals surface area contributed by atoms with E-state index in [0.717, 1.165) is 21.5 Å². The molecule has 1 unspecified atom stereocenters. The van der Waals surface area contributed by atoms with Gasteiger partial charge in [0.15, 0.2) is 0 Å². The van der Waals surface area contributed by atoms with E-state index in [0.29, 0.717) is 6.54 Å². The molecule has 3 N–H and O–H groups in total. The lowest BCUT2D eigenvalue weighted by Gasteiger charge is -2.18. The van der Waals surface area contributed by atoms with Crippen LogP contribution in [-0.4, -0.2) is 19.7 Å². The number of methoxy groups -OCH3 is 1. The van der Waals surface area contributed by atoms with Crippen LogP contribution in [-0.2, 0) is 0 Å². The lowest BCUT2D eigenvalue weighted by Crippen LogP contribution is -2.25. The number of benzene rings is 1. The monoisotopic (exact) mass is 272 g/mol. The van der Waals surface area contributed by atoms with Gasteiger partial charge in [0.1, 0.15) is 5.75 Å². The van der Waals surface area contributed by atoms with Gasteiger partial charge in [-0.1, -0.05) is 15.9 Å². The molecule has 0 spiro atoms. The molecule has 0 aliphatic carbocycles. The van der Waals surface area contributed by atoms with E-state index in [9.17, 15) is 0 Å². The van der Waals surface area contributed by atoms with Crippen LogP contribution in [0.25, 0.3) is 0 Å². The second-order valence-corrected chi connectivity index (χ2v) is 4.50. The Kier molecular flexibility index (Phi) is 4.42. The van der Waals surface area contributed by atoms with Crippen LogP contribution in [0.5, 0.6) is 5.75 Å². The maximum Gasteiger partial charge on any atom is 0.143 e. The van der Waals surface area contributed by atoms with Gasteiger partial charge in [-0.05, 0) is 31.5 Å². The van der Waals surface area contributed by atoms with E-state index in [1.165, 1.54) is 0 Å². The highest BCUT2D eigenvalue weighted by atomic mass is 79.9. The van der Waals surface area contributed by atoms with Crippen molar-refractivity contribution in [2.45, 2.75) is 19.9 Å². The van der Waals surface area contributed by atoms with Crippen molar-refractivity contribution < 1.29 is 4.74 Å². The molecular formula is C11H17BrN2O. The van der Waals surface area contributed by atoms with Crippen molar-refractivity contribution in [3.05, 3.63) is 22.2 Å². The smallest absolute Gasteiger partial charge is 0.143 e. The van der Waals surface area contributed by atoms with E-state index >= 15 is 0 Å². The largest absolute Gasteiger partial charge is 0.495 e. The molecule has 0 saturated heterocycles. The summed E-state index contributed by atoms with van der Waals surface area (Å²) in [5.74, 6) is 0.835. The summed E-state index contributed by atoms with van der Waals surface area (Å²) in [5.41, 5.74) is 7.73. The highest BCUT2D eigenvalue weighted by molar-refractivity contribution is 9.10. The number of aryl methyl sites for hydroxylation is 1. The van der Waals surface area contributed by atoms with E-state index in [4.69, 9.17) is 10.5 Å². The lowest BCUT2D eigenvalue weighted by molar-refractivity contribution is 0.415. The Morgan fingerprint density at radius 2 is 2.20 bits per heavy atom. The van der Waals surface area contributed by atoms with Gasteiger partial charge < -0.3 is 15.8 Å². The molecule has 3 nitrogen and oxygen atoms in total. The Hall–Kier alpha value is -0.740. The minimum Gasteiger partial charge on any atom is -0.495 e. The molecule has 0 aromatic heterocycles. The number of hydrogen-bond donors (Lipinski definition) is 2. The molecule has 0 saturated carbocycles. The van der Waals surface area contributed by atoms with Gasteiger partial charge in [0.25, 0.3) is 0 Å². The molecule has 0 amide bonds. The summed E-state index contributed by atoms with van der Waals surface area (Å²) < 4.78 is 6.34. The van der Waals surface area contributed by atoms with Crippen molar-refractivity contribution in [2.75, 3.05) is 19.0 Å². The predicted octanol–water partition coefficient (Wildman–Crippen LogP) is 2.53. The van der Waals surface area contributed by atoms with Gasteiger partial charge in [-0.15, -0.1) is 0 Å². The van der Waals surface area contributed by atoms with E-state index in [-0.39, 0.29) is 6.04 Å². The second kappa shape index (κ2) is 5.37. The number of ether oxygens (including phenoxy) is 1. The van der Waals surface area contributed by atoms with Crippen molar-refractivity contribution in [1.29, 1.82) is 0 Å². The first kappa shape index (κ1) is 12.3. The first-order chi connectivity index (χ1) is 7.08. The van der Waals surface area contributed by atoms with Gasteiger partial charge in [-0.3, -0.25) is 0 Å². The van der Waals surface area contributed by atoms with Crippen LogP contribution in [0.2, 0.25) is 0 Å². The minimum atomic E-state index is 0.235. The van der Waals surface area contributed by atoms with E-state index in [1.807, 2.05) is 26.0 Å². The fourth-order valence-corrected chi connectivity index (χ4v) is 1.91. The van der Waals surface area contributed by atoms with Crippen LogP contribution in [0.15, 0.2) is 16.6 Å². The SMILES string of the molecule is COc1cc(Br)cc(C)c1NC(C)CN. The first-order valence-electron chi connectivity index (χ1n) is 4.89. The molecule has 1 atom stereocenters. The van der Waals surface area contributed by atoms with Crippen LogP contribution in [0.4, 0.5) is 5.69 Å². The van der Waals surface area contributed by atoms with Gasteiger partial charge in [-0.2, -0.15) is 0 Å². The zero-order valence-electron chi connectivity index (χ0n) is 9.30. The molecular weight excluding hydrogens is 256 g/mol. The molecule has 0 radical (unpaired) electrons. The highest BCUT2D eigenvalue weighted by Crippen LogP contribution is 2.32. The first-order valence-corrected chi connectivity index (χ1v) is 5.68. The fourth-order valence-electron chi connectivity index (χ4n) is 1.36. The summed E-state index contributed by atoms with van der Waals surface area (Å²) in [6.07, 6.45) is 0. The zero-order valence-corrected chi connectivity index (χ0v) is 10.9. The fraction of sp³-hybridized carbons (Fsp3) is 0.455. The summed E-state index contributed by atoms with van der Waals surface area (Å²) >= 11 is 3.44. The van der Waals surface area contributed by atoms with Crippen LogP contribution < -0.4 is 15.8 Å². The third kappa shape index (κ3) is 3.11. The van der Waals surface area contributed by atoms with Gasteiger partial charge in [0.05, 0.1) is 12.8 Å². The third-order valence-electron chi connectivity index (χ3n) is 2.23. The van der Waals surface area contributed by atoms with Gasteiger partial charge in [-0.25, -0.2) is 0 Å². The van der Waals surface area contributed by atoms with Gasteiger partial charge in [0.2, 0.25) is 0 Å². The van der Waals surface area contributed by atoms with Crippen LogP contribution in [0, 0.1) is 6.92 Å². The maximum atomic E-state index is 5.58. The average Bonchev–Trinajstić information content (AvgIpc) is 2.21. The molecule has 1 aromatic carbocycles. The number of rotatable bonds is 4. The normalized spacial score (nSPS) is 12.3. The van der Waals surface area contributed by atoms with E-state index < -0.39 is 0 Å². The van der Waals surface area contributed by atoms with Crippen LogP contribution in [0.1, 0.15) is 12.5 Å². The molecule has 0 bridgehead atoms. The topological polar surface area (TPSA) is 47.3 Å². The average molecular weight is 273 g/mol. The third-order valence-corrected chi connectivity index (χ3v) is 2.69. The molecule has 0 fully saturated rings. The Morgan fingerprint density at radius 1 is 1.53 bits per heavy atom. The van der Waals surface area contributed by atoms with Gasteiger partial charge >= 0.3 is 0 Å². The number of hydrogen-bond acceptors (Lipinski definition) is 3. The van der Waals surface area contributed by atoms with Crippen molar-refractivity contribution >= 4 is 21.6 Å². The number of nitrogens with two attached hydrogens (primary N) is 1. The molecule has 1 aromatic rings. The summed E-state index contributed by atoms with van der Waals surface area (Å²) in [6.45, 7) is 4.68. The van der Waals surface area contributed by atoms with Crippen molar-refractivity contribution in [1.82, 2.24) is 0 Å². The zero-order chi connectivity index (χ0) is 11.4. The van der Waals surface area contributed by atoms with Crippen LogP contribution >= 0.6 is 15.9 Å². The standard InChI is InChI=1S/C11H17BrN2O/c1-7-4-9(12)5-10(15-3)11(7)14-8(2)6-13/h4-5,8,14H,6,13H2,1-3H3. The maximum absolute atomic E-state index is 5.58. The minimum absolute atomic E-state index is 0.235. The molecule has 0 aliphatic rings. The molecule has 15 heavy (non-hydrogen) atoms. The Labute approximate surface area is 99.1 Å². The van der Waals surface area contributed by atoms with Crippen molar-refractivity contribution in [3.63, 3.8) is 0 Å². The van der Waals surface area contributed by atoms with Crippen molar-refractivity contribution in [2.24, 2.45) is 5.73 Å². The highest BCUT2D eigenvalue weighted by Gasteiger charge is 2.09.